The summed E-state index contributed by atoms with van der Waals surface area (Å²) in [6, 6.07) is 6.84. The van der Waals surface area contributed by atoms with E-state index in [9.17, 15) is 8.42 Å². The van der Waals surface area contributed by atoms with Gasteiger partial charge >= 0.3 is 0 Å². The van der Waals surface area contributed by atoms with Crippen LogP contribution in [-0.4, -0.2) is 18.6 Å². The number of sulfonamides is 1. The van der Waals surface area contributed by atoms with Crippen molar-refractivity contribution in [1.29, 1.82) is 0 Å². The van der Waals surface area contributed by atoms with E-state index in [1.165, 1.54) is 11.3 Å². The summed E-state index contributed by atoms with van der Waals surface area (Å²) in [5, 5.41) is 7.58. The minimum absolute atomic E-state index is 0.293. The predicted octanol–water partition coefficient (Wildman–Crippen LogP) is 3.50. The zero-order chi connectivity index (χ0) is 14.3. The van der Waals surface area contributed by atoms with Gasteiger partial charge in [0.25, 0.3) is 10.0 Å². The minimum Gasteiger partial charge on any atom is -0.280 e. The summed E-state index contributed by atoms with van der Waals surface area (Å²) >= 11 is 4.70. The highest BCUT2D eigenvalue weighted by Gasteiger charge is 2.19. The van der Waals surface area contributed by atoms with Gasteiger partial charge in [0.15, 0.2) is 0 Å². The van der Waals surface area contributed by atoms with Crippen LogP contribution in [0.15, 0.2) is 39.1 Å². The summed E-state index contributed by atoms with van der Waals surface area (Å²) in [5.74, 6) is 0. The summed E-state index contributed by atoms with van der Waals surface area (Å²) in [5.41, 5.74) is 1.38. The summed E-state index contributed by atoms with van der Waals surface area (Å²) in [6.07, 6.45) is 1.65. The van der Waals surface area contributed by atoms with Gasteiger partial charge in [0.2, 0.25) is 0 Å². The van der Waals surface area contributed by atoms with Crippen molar-refractivity contribution in [2.24, 2.45) is 0 Å². The fourth-order valence-corrected chi connectivity index (χ4v) is 5.38. The second-order valence-corrected chi connectivity index (χ2v) is 8.53. The number of rotatable bonds is 3. The van der Waals surface area contributed by atoms with Crippen LogP contribution >= 0.6 is 27.3 Å². The number of benzene rings is 1. The number of hydrogen-bond acceptors (Lipinski definition) is 4. The molecular weight excluding hydrogens is 362 g/mol. The number of nitrogens with one attached hydrogen (secondary N) is 2. The van der Waals surface area contributed by atoms with Crippen molar-refractivity contribution in [3.63, 3.8) is 0 Å². The van der Waals surface area contributed by atoms with E-state index in [2.05, 4.69) is 30.8 Å². The van der Waals surface area contributed by atoms with Crippen LogP contribution < -0.4 is 4.72 Å². The molecule has 2 heterocycles. The average molecular weight is 372 g/mol. The van der Waals surface area contributed by atoms with Gasteiger partial charge in [-0.2, -0.15) is 5.10 Å². The highest BCUT2D eigenvalue weighted by atomic mass is 79.9. The quantitative estimate of drug-likeness (QED) is 0.739. The Morgan fingerprint density at radius 3 is 2.85 bits per heavy atom. The number of hydrogen-bond donors (Lipinski definition) is 2. The molecule has 0 saturated carbocycles. The van der Waals surface area contributed by atoms with Crippen LogP contribution in [0.25, 0.3) is 10.9 Å². The fourth-order valence-electron chi connectivity index (χ4n) is 1.91. The first-order valence-electron chi connectivity index (χ1n) is 5.67. The van der Waals surface area contributed by atoms with E-state index in [0.717, 1.165) is 19.6 Å². The van der Waals surface area contributed by atoms with Crippen LogP contribution in [0.1, 0.15) is 4.88 Å². The maximum absolute atomic E-state index is 12.4. The van der Waals surface area contributed by atoms with Gasteiger partial charge in [-0.05, 0) is 47.1 Å². The van der Waals surface area contributed by atoms with Gasteiger partial charge in [0.1, 0.15) is 4.90 Å². The van der Waals surface area contributed by atoms with Crippen molar-refractivity contribution >= 4 is 53.9 Å². The second-order valence-electron chi connectivity index (χ2n) is 4.25. The Morgan fingerprint density at radius 1 is 1.35 bits per heavy atom. The number of thiophene rings is 1. The largest absolute Gasteiger partial charge is 0.280 e. The van der Waals surface area contributed by atoms with Crippen LogP contribution in [0.5, 0.6) is 0 Å². The molecule has 0 bridgehead atoms. The summed E-state index contributed by atoms with van der Waals surface area (Å²) < 4.78 is 28.1. The molecule has 0 radical (unpaired) electrons. The van der Waals surface area contributed by atoms with Gasteiger partial charge in [0.05, 0.1) is 15.5 Å². The van der Waals surface area contributed by atoms with Gasteiger partial charge in [-0.3, -0.25) is 9.82 Å². The molecule has 3 aromatic rings. The molecule has 2 aromatic heterocycles. The third-order valence-electron chi connectivity index (χ3n) is 2.82. The topological polar surface area (TPSA) is 74.8 Å². The number of anilines is 1. The Labute approximate surface area is 128 Å². The first-order chi connectivity index (χ1) is 9.45. The maximum Gasteiger partial charge on any atom is 0.263 e. The predicted molar refractivity (Wildman–Crippen MR) is 83.7 cm³/mol. The number of fused-ring (bicyclic) bond motifs is 1. The van der Waals surface area contributed by atoms with Gasteiger partial charge in [-0.25, -0.2) is 8.42 Å². The zero-order valence-corrected chi connectivity index (χ0v) is 13.6. The third kappa shape index (κ3) is 2.46. The number of H-pyrrole nitrogens is 1. The molecule has 1 aromatic carbocycles. The smallest absolute Gasteiger partial charge is 0.263 e. The van der Waals surface area contributed by atoms with Gasteiger partial charge < -0.3 is 0 Å². The lowest BCUT2D eigenvalue weighted by Gasteiger charge is -2.07. The van der Waals surface area contributed by atoms with Gasteiger partial charge in [0, 0.05) is 16.0 Å². The Bertz CT molecular complexity index is 883. The van der Waals surface area contributed by atoms with E-state index in [-0.39, 0.29) is 0 Å². The first kappa shape index (κ1) is 13.6. The minimum atomic E-state index is -3.58. The van der Waals surface area contributed by atoms with Crippen molar-refractivity contribution in [3.8, 4) is 0 Å². The number of aryl methyl sites for hydroxylation is 1. The molecule has 104 valence electrons. The molecular formula is C12H10BrN3O2S2. The normalized spacial score (nSPS) is 11.9. The number of nitrogens with zero attached hydrogens (tertiary/aromatic N) is 1. The molecule has 0 amide bonds. The van der Waals surface area contributed by atoms with Crippen LogP contribution in [0, 0.1) is 6.92 Å². The Balaban J connectivity index is 1.98. The van der Waals surface area contributed by atoms with Crippen LogP contribution in [0.2, 0.25) is 0 Å². The SMILES string of the molecule is Cc1sc(Br)cc1S(=O)(=O)Nc1ccc2[nH]ncc2c1. The maximum atomic E-state index is 12.4. The molecule has 0 atom stereocenters. The fraction of sp³-hybridized carbons (Fsp3) is 0.0833. The standard InChI is InChI=1S/C12H10BrN3O2S2/c1-7-11(5-12(13)19-7)20(17,18)16-9-2-3-10-8(4-9)6-14-15-10/h2-6,16H,1H3,(H,14,15). The summed E-state index contributed by atoms with van der Waals surface area (Å²) in [4.78, 5) is 1.04. The molecule has 8 heteroatoms. The molecule has 5 nitrogen and oxygen atoms in total. The molecule has 0 saturated heterocycles. The van der Waals surface area contributed by atoms with Crippen molar-refractivity contribution < 1.29 is 8.42 Å². The highest BCUT2D eigenvalue weighted by Crippen LogP contribution is 2.31. The molecule has 0 fully saturated rings. The molecule has 20 heavy (non-hydrogen) atoms. The van der Waals surface area contributed by atoms with Crippen molar-refractivity contribution in [2.45, 2.75) is 11.8 Å². The lowest BCUT2D eigenvalue weighted by molar-refractivity contribution is 0.601. The van der Waals surface area contributed by atoms with Crippen molar-refractivity contribution in [2.75, 3.05) is 4.72 Å². The molecule has 0 unspecified atom stereocenters. The van der Waals surface area contributed by atoms with E-state index in [1.807, 2.05) is 0 Å². The molecule has 2 N–H and O–H groups in total. The monoisotopic (exact) mass is 371 g/mol. The number of aromatic amines is 1. The van der Waals surface area contributed by atoms with Gasteiger partial charge in [-0.1, -0.05) is 0 Å². The van der Waals surface area contributed by atoms with Crippen LogP contribution in [0.4, 0.5) is 5.69 Å². The van der Waals surface area contributed by atoms with E-state index in [4.69, 9.17) is 0 Å². The second kappa shape index (κ2) is 4.87. The third-order valence-corrected chi connectivity index (χ3v) is 6.01. The highest BCUT2D eigenvalue weighted by molar-refractivity contribution is 9.11. The Morgan fingerprint density at radius 2 is 2.15 bits per heavy atom. The Hall–Kier alpha value is -1.38. The van der Waals surface area contributed by atoms with Crippen LogP contribution in [0.3, 0.4) is 0 Å². The molecule has 0 aliphatic carbocycles. The Kier molecular flexibility index (Phi) is 3.31. The molecule has 0 spiro atoms. The molecule has 0 aliphatic rings. The first-order valence-corrected chi connectivity index (χ1v) is 8.77. The lowest BCUT2D eigenvalue weighted by Crippen LogP contribution is -2.12. The lowest BCUT2D eigenvalue weighted by atomic mass is 10.2. The molecule has 0 aliphatic heterocycles. The van der Waals surface area contributed by atoms with Gasteiger partial charge in [-0.15, -0.1) is 11.3 Å². The number of aromatic nitrogens is 2. The van der Waals surface area contributed by atoms with E-state index in [1.54, 1.807) is 37.4 Å². The zero-order valence-electron chi connectivity index (χ0n) is 10.3. The van der Waals surface area contributed by atoms with Crippen molar-refractivity contribution in [1.82, 2.24) is 10.2 Å². The average Bonchev–Trinajstić information content (AvgIpc) is 2.94. The van der Waals surface area contributed by atoms with E-state index in [0.29, 0.717) is 10.6 Å². The number of halogens is 1. The summed E-state index contributed by atoms with van der Waals surface area (Å²) in [6.45, 7) is 1.78. The van der Waals surface area contributed by atoms with Crippen LogP contribution in [-0.2, 0) is 10.0 Å². The van der Waals surface area contributed by atoms with Crippen molar-refractivity contribution in [3.05, 3.63) is 39.1 Å². The van der Waals surface area contributed by atoms with E-state index >= 15 is 0 Å². The van der Waals surface area contributed by atoms with E-state index < -0.39 is 10.0 Å². The molecule has 3 rings (SSSR count). The summed E-state index contributed by atoms with van der Waals surface area (Å²) in [7, 11) is -3.58.